The summed E-state index contributed by atoms with van der Waals surface area (Å²) in [6.45, 7) is 0.619. The summed E-state index contributed by atoms with van der Waals surface area (Å²) in [7, 11) is 0. The molecular weight excluding hydrogens is 476 g/mol. The highest BCUT2D eigenvalue weighted by Gasteiger charge is 2.22. The van der Waals surface area contributed by atoms with Crippen LogP contribution in [0.25, 0.3) is 10.9 Å². The molecule has 5 aromatic rings. The SMILES string of the molecule is OCc1ccccc1Sc1ccccc1CNc1nc(NC2Cc3ccccc3C2)c2ccccc2n1. The van der Waals surface area contributed by atoms with Gasteiger partial charge in [0.25, 0.3) is 0 Å². The number of nitrogens with one attached hydrogen (secondary N) is 2. The smallest absolute Gasteiger partial charge is 0.225 e. The van der Waals surface area contributed by atoms with E-state index in [4.69, 9.17) is 9.97 Å². The van der Waals surface area contributed by atoms with Crippen LogP contribution in [-0.4, -0.2) is 21.1 Å². The second-order valence-corrected chi connectivity index (χ2v) is 10.3. The quantitative estimate of drug-likeness (QED) is 0.225. The summed E-state index contributed by atoms with van der Waals surface area (Å²) in [5.41, 5.74) is 5.82. The molecule has 1 aliphatic rings. The average Bonchev–Trinajstić information content (AvgIpc) is 3.35. The molecule has 5 nitrogen and oxygen atoms in total. The van der Waals surface area contributed by atoms with Crippen LogP contribution in [0.15, 0.2) is 107 Å². The predicted molar refractivity (Wildman–Crippen MR) is 151 cm³/mol. The molecule has 0 saturated carbocycles. The van der Waals surface area contributed by atoms with Gasteiger partial charge in [0.15, 0.2) is 0 Å². The Balaban J connectivity index is 1.23. The molecule has 6 heteroatoms. The highest BCUT2D eigenvalue weighted by Crippen LogP contribution is 2.33. The highest BCUT2D eigenvalue weighted by atomic mass is 32.2. The number of nitrogens with zero attached hydrogens (tertiary/aromatic N) is 2. The Morgan fingerprint density at radius 1 is 0.730 bits per heavy atom. The Hall–Kier alpha value is -3.87. The summed E-state index contributed by atoms with van der Waals surface area (Å²) in [4.78, 5) is 11.9. The van der Waals surface area contributed by atoms with Gasteiger partial charge < -0.3 is 15.7 Å². The largest absolute Gasteiger partial charge is 0.392 e. The Labute approximate surface area is 221 Å². The van der Waals surface area contributed by atoms with Crippen molar-refractivity contribution in [1.82, 2.24) is 9.97 Å². The number of anilines is 2. The second-order valence-electron chi connectivity index (χ2n) is 9.26. The van der Waals surface area contributed by atoms with Gasteiger partial charge in [0, 0.05) is 27.8 Å². The van der Waals surface area contributed by atoms with Gasteiger partial charge in [-0.1, -0.05) is 84.6 Å². The summed E-state index contributed by atoms with van der Waals surface area (Å²) < 4.78 is 0. The van der Waals surface area contributed by atoms with Crippen molar-refractivity contribution in [2.45, 2.75) is 41.8 Å². The van der Waals surface area contributed by atoms with Crippen LogP contribution in [-0.2, 0) is 26.0 Å². The van der Waals surface area contributed by atoms with E-state index < -0.39 is 0 Å². The lowest BCUT2D eigenvalue weighted by molar-refractivity contribution is 0.279. The van der Waals surface area contributed by atoms with Gasteiger partial charge in [-0.3, -0.25) is 0 Å². The van der Waals surface area contributed by atoms with Crippen molar-refractivity contribution in [1.29, 1.82) is 0 Å². The van der Waals surface area contributed by atoms with Crippen LogP contribution in [0, 0.1) is 0 Å². The normalized spacial score (nSPS) is 13.0. The van der Waals surface area contributed by atoms with E-state index in [2.05, 4.69) is 53.1 Å². The average molecular weight is 505 g/mol. The molecule has 6 rings (SSSR count). The molecule has 0 fully saturated rings. The van der Waals surface area contributed by atoms with E-state index in [1.54, 1.807) is 11.8 Å². The molecule has 0 spiro atoms. The predicted octanol–water partition coefficient (Wildman–Crippen LogP) is 6.46. The monoisotopic (exact) mass is 504 g/mol. The first-order chi connectivity index (χ1) is 18.3. The number of para-hydroxylation sites is 1. The molecule has 0 aliphatic heterocycles. The molecule has 0 radical (unpaired) electrons. The van der Waals surface area contributed by atoms with Crippen LogP contribution < -0.4 is 10.6 Å². The van der Waals surface area contributed by atoms with E-state index in [0.717, 1.165) is 50.5 Å². The van der Waals surface area contributed by atoms with Crippen LogP contribution >= 0.6 is 11.8 Å². The molecule has 3 N–H and O–H groups in total. The number of aliphatic hydroxyl groups is 1. The number of aromatic nitrogens is 2. The third kappa shape index (κ3) is 5.17. The first-order valence-electron chi connectivity index (χ1n) is 12.6. The molecule has 0 amide bonds. The van der Waals surface area contributed by atoms with Crippen molar-refractivity contribution in [3.63, 3.8) is 0 Å². The Kier molecular flexibility index (Phi) is 6.76. The van der Waals surface area contributed by atoms with Gasteiger partial charge in [-0.05, 0) is 59.4 Å². The molecule has 4 aromatic carbocycles. The van der Waals surface area contributed by atoms with Crippen molar-refractivity contribution in [3.05, 3.63) is 119 Å². The minimum absolute atomic E-state index is 0.0242. The van der Waals surface area contributed by atoms with E-state index in [1.165, 1.54) is 11.1 Å². The molecule has 1 aliphatic carbocycles. The zero-order valence-corrected chi connectivity index (χ0v) is 21.2. The summed E-state index contributed by atoms with van der Waals surface area (Å²) in [6, 6.07) is 33.4. The number of rotatable bonds is 8. The maximum absolute atomic E-state index is 9.74. The Morgan fingerprint density at radius 2 is 1.35 bits per heavy atom. The maximum atomic E-state index is 9.74. The first kappa shape index (κ1) is 23.5. The molecule has 1 heterocycles. The first-order valence-corrected chi connectivity index (χ1v) is 13.4. The Morgan fingerprint density at radius 3 is 2.11 bits per heavy atom. The van der Waals surface area contributed by atoms with Gasteiger partial charge in [-0.2, -0.15) is 4.98 Å². The van der Waals surface area contributed by atoms with Crippen molar-refractivity contribution in [2.24, 2.45) is 0 Å². The number of hydrogen-bond donors (Lipinski definition) is 3. The lowest BCUT2D eigenvalue weighted by atomic mass is 10.1. The fourth-order valence-corrected chi connectivity index (χ4v) is 5.96. The number of fused-ring (bicyclic) bond motifs is 2. The topological polar surface area (TPSA) is 70.1 Å². The van der Waals surface area contributed by atoms with Crippen LogP contribution in [0.1, 0.15) is 22.3 Å². The van der Waals surface area contributed by atoms with E-state index in [9.17, 15) is 5.11 Å². The van der Waals surface area contributed by atoms with Gasteiger partial charge in [0.05, 0.1) is 12.1 Å². The summed E-state index contributed by atoms with van der Waals surface area (Å²) in [5.74, 6) is 1.47. The fourth-order valence-electron chi connectivity index (χ4n) is 4.90. The highest BCUT2D eigenvalue weighted by molar-refractivity contribution is 7.99. The minimum atomic E-state index is 0.0242. The molecule has 184 valence electrons. The lowest BCUT2D eigenvalue weighted by Gasteiger charge is -2.17. The maximum Gasteiger partial charge on any atom is 0.225 e. The van der Waals surface area contributed by atoms with E-state index >= 15 is 0 Å². The molecule has 0 atom stereocenters. The van der Waals surface area contributed by atoms with E-state index in [0.29, 0.717) is 18.5 Å². The zero-order valence-electron chi connectivity index (χ0n) is 20.4. The van der Waals surface area contributed by atoms with Crippen LogP contribution in [0.4, 0.5) is 11.8 Å². The van der Waals surface area contributed by atoms with Gasteiger partial charge in [0.2, 0.25) is 5.95 Å². The number of benzene rings is 4. The number of hydrogen-bond acceptors (Lipinski definition) is 6. The van der Waals surface area contributed by atoms with E-state index in [1.807, 2.05) is 54.6 Å². The third-order valence-corrected chi connectivity index (χ3v) is 8.00. The van der Waals surface area contributed by atoms with E-state index in [-0.39, 0.29) is 6.61 Å². The van der Waals surface area contributed by atoms with Crippen molar-refractivity contribution >= 4 is 34.4 Å². The third-order valence-electron chi connectivity index (χ3n) is 6.77. The van der Waals surface area contributed by atoms with Crippen LogP contribution in [0.5, 0.6) is 0 Å². The standard InChI is InChI=1S/C31H28N4OS/c36-20-24-12-4-8-16-29(24)37-28-15-7-3-11-23(28)19-32-31-34-27-14-6-5-13-26(27)30(35-31)33-25-17-21-9-1-2-10-22(21)18-25/h1-16,25,36H,17-20H2,(H2,32,33,34,35). The Bertz CT molecular complexity index is 1530. The molecular formula is C31H28N4OS. The molecule has 0 bridgehead atoms. The molecule has 0 unspecified atom stereocenters. The second kappa shape index (κ2) is 10.6. The van der Waals surface area contributed by atoms with Crippen molar-refractivity contribution in [3.8, 4) is 0 Å². The van der Waals surface area contributed by atoms with Crippen molar-refractivity contribution in [2.75, 3.05) is 10.6 Å². The zero-order chi connectivity index (χ0) is 25.0. The summed E-state index contributed by atoms with van der Waals surface area (Å²) in [5, 5.41) is 17.9. The van der Waals surface area contributed by atoms with Gasteiger partial charge in [-0.15, -0.1) is 0 Å². The minimum Gasteiger partial charge on any atom is -0.392 e. The van der Waals surface area contributed by atoms with Crippen LogP contribution in [0.3, 0.4) is 0 Å². The number of aliphatic hydroxyl groups excluding tert-OH is 1. The molecule has 0 saturated heterocycles. The summed E-state index contributed by atoms with van der Waals surface area (Å²) >= 11 is 1.67. The molecule has 1 aromatic heterocycles. The van der Waals surface area contributed by atoms with Gasteiger partial charge in [-0.25, -0.2) is 4.98 Å². The fraction of sp³-hybridized carbons (Fsp3) is 0.161. The van der Waals surface area contributed by atoms with Gasteiger partial charge in [0.1, 0.15) is 5.82 Å². The lowest BCUT2D eigenvalue weighted by Crippen LogP contribution is -2.21. The van der Waals surface area contributed by atoms with Crippen LogP contribution in [0.2, 0.25) is 0 Å². The van der Waals surface area contributed by atoms with Gasteiger partial charge >= 0.3 is 0 Å². The van der Waals surface area contributed by atoms with Crippen molar-refractivity contribution < 1.29 is 5.11 Å². The summed E-state index contributed by atoms with van der Waals surface area (Å²) in [6.07, 6.45) is 1.99. The molecule has 37 heavy (non-hydrogen) atoms.